The molecule has 0 atom stereocenters. The second kappa shape index (κ2) is 2.38. The lowest BCUT2D eigenvalue weighted by Gasteiger charge is -1.91. The van der Waals surface area contributed by atoms with Gasteiger partial charge in [0.1, 0.15) is 0 Å². The Morgan fingerprint density at radius 1 is 1.33 bits per heavy atom. The van der Waals surface area contributed by atoms with E-state index >= 15 is 0 Å². The standard InChI is InChI=1S/C10H9N2/c1-11-9-4-3-8-5-6-12(2)10(8)7-9/h1,3-7H,2H3/q+1. The third-order valence-electron chi connectivity index (χ3n) is 2.02. The monoisotopic (exact) mass is 157 g/mol. The number of aryl methyl sites for hydroxylation is 1. The van der Waals surface area contributed by atoms with Crippen LogP contribution in [0.1, 0.15) is 0 Å². The van der Waals surface area contributed by atoms with E-state index in [0.29, 0.717) is 0 Å². The van der Waals surface area contributed by atoms with E-state index in [1.165, 1.54) is 5.39 Å². The van der Waals surface area contributed by atoms with E-state index in [0.717, 1.165) is 11.2 Å². The number of nitrogens with zero attached hydrogens (tertiary/aromatic N) is 2. The fourth-order valence-electron chi connectivity index (χ4n) is 1.33. The van der Waals surface area contributed by atoms with E-state index in [9.17, 15) is 0 Å². The Bertz CT molecular complexity index is 460. The average molecular weight is 157 g/mol. The molecule has 0 aliphatic carbocycles. The van der Waals surface area contributed by atoms with Gasteiger partial charge in [-0.05, 0) is 17.0 Å². The third-order valence-corrected chi connectivity index (χ3v) is 2.02. The summed E-state index contributed by atoms with van der Waals surface area (Å²) in [6, 6.07) is 7.95. The molecule has 12 heavy (non-hydrogen) atoms. The Hall–Kier alpha value is -1.75. The Labute approximate surface area is 70.9 Å². The first-order valence-corrected chi connectivity index (χ1v) is 3.77. The topological polar surface area (TPSA) is 9.29 Å². The molecule has 2 rings (SSSR count). The summed E-state index contributed by atoms with van der Waals surface area (Å²) < 4.78 is 2.05. The largest absolute Gasteiger partial charge is 0.350 e. The van der Waals surface area contributed by atoms with Crippen molar-refractivity contribution in [3.05, 3.63) is 35.3 Å². The third kappa shape index (κ3) is 0.876. The van der Waals surface area contributed by atoms with Gasteiger partial charge in [0.05, 0.1) is 11.6 Å². The van der Waals surface area contributed by atoms with E-state index in [2.05, 4.69) is 10.9 Å². The minimum Gasteiger partial charge on any atom is -0.350 e. The summed E-state index contributed by atoms with van der Waals surface area (Å²) in [6.07, 6.45) is 2.02. The molecule has 1 aromatic carbocycles. The molecule has 58 valence electrons. The number of hydrogen-bond donors (Lipinski definition) is 0. The summed E-state index contributed by atoms with van der Waals surface area (Å²) in [4.78, 5) is 3.63. The van der Waals surface area contributed by atoms with Gasteiger partial charge >= 0.3 is 5.69 Å². The van der Waals surface area contributed by atoms with Crippen molar-refractivity contribution in [1.82, 2.24) is 4.57 Å². The van der Waals surface area contributed by atoms with Crippen LogP contribution in [0.4, 0.5) is 5.69 Å². The van der Waals surface area contributed by atoms with E-state index in [4.69, 9.17) is 6.57 Å². The van der Waals surface area contributed by atoms with Crippen LogP contribution in [0.15, 0.2) is 30.5 Å². The van der Waals surface area contributed by atoms with Crippen LogP contribution >= 0.6 is 0 Å². The molecule has 0 unspecified atom stereocenters. The zero-order valence-electron chi connectivity index (χ0n) is 6.86. The Morgan fingerprint density at radius 2 is 2.17 bits per heavy atom. The summed E-state index contributed by atoms with van der Waals surface area (Å²) in [5, 5.41) is 1.21. The maximum absolute atomic E-state index is 5.18. The number of aromatic nitrogens is 1. The molecule has 0 saturated carbocycles. The van der Waals surface area contributed by atoms with Crippen molar-refractivity contribution in [3.8, 4) is 6.57 Å². The SMILES string of the molecule is C#[N+]c1ccc2ccn(C)c2c1. The highest BCUT2D eigenvalue weighted by Crippen LogP contribution is 2.21. The zero-order valence-corrected chi connectivity index (χ0v) is 6.86. The molecule has 0 aliphatic heterocycles. The lowest BCUT2D eigenvalue weighted by atomic mass is 10.2. The van der Waals surface area contributed by atoms with Gasteiger partial charge in [0.15, 0.2) is 0 Å². The van der Waals surface area contributed by atoms with Crippen molar-refractivity contribution in [2.45, 2.75) is 0 Å². The minimum atomic E-state index is 0.810. The second-order valence-electron chi connectivity index (χ2n) is 2.80. The highest BCUT2D eigenvalue weighted by Gasteiger charge is 2.03. The number of fused-ring (bicyclic) bond motifs is 1. The molecule has 0 bridgehead atoms. The van der Waals surface area contributed by atoms with Crippen molar-refractivity contribution < 1.29 is 0 Å². The molecule has 1 heterocycles. The first-order chi connectivity index (χ1) is 5.81. The van der Waals surface area contributed by atoms with Crippen LogP contribution < -0.4 is 0 Å². The maximum atomic E-state index is 5.18. The number of rotatable bonds is 0. The minimum absolute atomic E-state index is 0.810. The summed E-state index contributed by atoms with van der Waals surface area (Å²) in [5.41, 5.74) is 1.96. The van der Waals surface area contributed by atoms with E-state index in [-0.39, 0.29) is 0 Å². The van der Waals surface area contributed by atoms with Gasteiger partial charge in [0.2, 0.25) is 0 Å². The van der Waals surface area contributed by atoms with Gasteiger partial charge in [-0.15, -0.1) is 0 Å². The molecular formula is C10H9N2+. The molecule has 0 saturated heterocycles. The lowest BCUT2D eigenvalue weighted by Crippen LogP contribution is -1.81. The van der Waals surface area contributed by atoms with Crippen molar-refractivity contribution in [1.29, 1.82) is 0 Å². The van der Waals surface area contributed by atoms with Crippen molar-refractivity contribution in [3.63, 3.8) is 0 Å². The molecule has 1 aromatic heterocycles. The highest BCUT2D eigenvalue weighted by atomic mass is 14.9. The smallest absolute Gasteiger partial charge is 0.342 e. The molecule has 2 aromatic rings. The van der Waals surface area contributed by atoms with Gasteiger partial charge in [0, 0.05) is 24.7 Å². The van der Waals surface area contributed by atoms with Gasteiger partial charge in [-0.25, -0.2) is 0 Å². The first kappa shape index (κ1) is 6.93. The fraction of sp³-hybridized carbons (Fsp3) is 0.100. The Morgan fingerprint density at radius 3 is 2.92 bits per heavy atom. The molecule has 0 spiro atoms. The van der Waals surface area contributed by atoms with Crippen LogP contribution in [0.5, 0.6) is 0 Å². The Balaban J connectivity index is 2.82. The molecule has 0 radical (unpaired) electrons. The quantitative estimate of drug-likeness (QED) is 0.556. The van der Waals surface area contributed by atoms with Gasteiger partial charge in [0.25, 0.3) is 6.57 Å². The van der Waals surface area contributed by atoms with E-state index in [1.54, 1.807) is 0 Å². The number of benzene rings is 1. The Kier molecular flexibility index (Phi) is 1.38. The van der Waals surface area contributed by atoms with Crippen molar-refractivity contribution >= 4 is 16.6 Å². The van der Waals surface area contributed by atoms with Gasteiger partial charge in [-0.3, -0.25) is 0 Å². The van der Waals surface area contributed by atoms with E-state index in [1.807, 2.05) is 36.0 Å². The zero-order chi connectivity index (χ0) is 8.55. The molecule has 2 heteroatoms. The highest BCUT2D eigenvalue weighted by molar-refractivity contribution is 5.83. The summed E-state index contributed by atoms with van der Waals surface area (Å²) in [7, 11) is 2.00. The summed E-state index contributed by atoms with van der Waals surface area (Å²) >= 11 is 0. The van der Waals surface area contributed by atoms with Crippen molar-refractivity contribution in [2.24, 2.45) is 7.05 Å². The molecular weight excluding hydrogens is 148 g/mol. The van der Waals surface area contributed by atoms with Crippen LogP contribution in [0.2, 0.25) is 0 Å². The molecule has 0 amide bonds. The van der Waals surface area contributed by atoms with E-state index < -0.39 is 0 Å². The predicted octanol–water partition coefficient (Wildman–Crippen LogP) is 2.77. The van der Waals surface area contributed by atoms with Crippen LogP contribution in [0.3, 0.4) is 0 Å². The second-order valence-corrected chi connectivity index (χ2v) is 2.80. The van der Waals surface area contributed by atoms with Crippen LogP contribution in [0.25, 0.3) is 15.7 Å². The average Bonchev–Trinajstić information content (AvgIpc) is 2.47. The van der Waals surface area contributed by atoms with Gasteiger partial charge in [-0.1, -0.05) is 0 Å². The molecule has 0 N–H and O–H groups in total. The summed E-state index contributed by atoms with van der Waals surface area (Å²) in [6.45, 7) is 5.18. The number of hydrogen-bond acceptors (Lipinski definition) is 0. The first-order valence-electron chi connectivity index (χ1n) is 3.77. The summed E-state index contributed by atoms with van der Waals surface area (Å²) in [5.74, 6) is 0. The van der Waals surface area contributed by atoms with Crippen LogP contribution in [-0.2, 0) is 7.05 Å². The predicted molar refractivity (Wildman–Crippen MR) is 50.9 cm³/mol. The van der Waals surface area contributed by atoms with Crippen LogP contribution in [0, 0.1) is 6.57 Å². The maximum Gasteiger partial charge on any atom is 0.342 e. The fourth-order valence-corrected chi connectivity index (χ4v) is 1.33. The normalized spacial score (nSPS) is 10.0. The molecule has 0 fully saturated rings. The van der Waals surface area contributed by atoms with Crippen molar-refractivity contribution in [2.75, 3.05) is 0 Å². The van der Waals surface area contributed by atoms with Gasteiger partial charge < -0.3 is 4.57 Å². The lowest BCUT2D eigenvalue weighted by molar-refractivity contribution is 0.969. The van der Waals surface area contributed by atoms with Crippen LogP contribution in [-0.4, -0.2) is 4.57 Å². The van der Waals surface area contributed by atoms with Gasteiger partial charge in [-0.2, -0.15) is 0 Å². The molecule has 2 nitrogen and oxygen atoms in total. The molecule has 0 aliphatic rings.